The largest absolute Gasteiger partial charge is 0.478 e. The second kappa shape index (κ2) is 8.40. The van der Waals surface area contributed by atoms with E-state index in [1.807, 2.05) is 0 Å². The van der Waals surface area contributed by atoms with Crippen LogP contribution in [0.25, 0.3) is 0 Å². The summed E-state index contributed by atoms with van der Waals surface area (Å²) in [5.74, 6) is 1.36. The maximum absolute atomic E-state index is 11.7. The van der Waals surface area contributed by atoms with Gasteiger partial charge in [0.2, 0.25) is 0 Å². The van der Waals surface area contributed by atoms with Gasteiger partial charge in [0.05, 0.1) is 21.3 Å². The lowest BCUT2D eigenvalue weighted by atomic mass is 10.2. The van der Waals surface area contributed by atoms with E-state index in [9.17, 15) is 9.59 Å². The van der Waals surface area contributed by atoms with E-state index in [1.54, 1.807) is 0 Å². The number of urea groups is 1. The van der Waals surface area contributed by atoms with E-state index in [4.69, 9.17) is 34.7 Å². The highest BCUT2D eigenvalue weighted by atomic mass is 35.5. The number of carbonyl (C=O) groups excluding carboxylic acids is 1. The number of anilines is 1. The summed E-state index contributed by atoms with van der Waals surface area (Å²) in [6.45, 7) is 0.468. The third-order valence-electron chi connectivity index (χ3n) is 2.56. The Morgan fingerprint density at radius 2 is 1.86 bits per heavy atom. The predicted octanol–water partition coefficient (Wildman–Crippen LogP) is 3.62. The van der Waals surface area contributed by atoms with Crippen molar-refractivity contribution in [2.24, 2.45) is 0 Å². The van der Waals surface area contributed by atoms with Crippen LogP contribution in [0, 0.1) is 12.3 Å². The van der Waals surface area contributed by atoms with Crippen LogP contribution in [0.2, 0.25) is 10.0 Å². The molecule has 0 spiro atoms. The Hall–Kier alpha value is -1.90. The Bertz CT molecular complexity index is 559. The molecule has 0 aliphatic heterocycles. The number of aromatic carboxylic acids is 1. The minimum Gasteiger partial charge on any atom is -0.478 e. The number of rotatable bonds is 6. The van der Waals surface area contributed by atoms with E-state index in [2.05, 4.69) is 16.6 Å². The van der Waals surface area contributed by atoms with Crippen molar-refractivity contribution in [2.75, 3.05) is 11.9 Å². The van der Waals surface area contributed by atoms with Crippen molar-refractivity contribution >= 4 is 40.9 Å². The van der Waals surface area contributed by atoms with Crippen LogP contribution in [0.5, 0.6) is 0 Å². The van der Waals surface area contributed by atoms with E-state index in [0.29, 0.717) is 13.0 Å². The Kier molecular flexibility index (Phi) is 6.86. The smallest absolute Gasteiger partial charge is 0.335 e. The minimum atomic E-state index is -1.15. The van der Waals surface area contributed by atoms with Crippen molar-refractivity contribution in [2.45, 2.75) is 19.3 Å². The average molecular weight is 329 g/mol. The standard InChI is InChI=1S/C14H14Cl2N2O3/c1-2-3-4-5-6-17-14(21)18-12-10(15)7-9(13(19)20)8-11(12)16/h1,7-8H,3-6H2,(H,19,20)(H2,17,18,21). The molecule has 0 radical (unpaired) electrons. The van der Waals surface area contributed by atoms with Crippen LogP contribution in [-0.4, -0.2) is 23.7 Å². The average Bonchev–Trinajstić information content (AvgIpc) is 2.42. The summed E-state index contributed by atoms with van der Waals surface area (Å²) >= 11 is 11.8. The lowest BCUT2D eigenvalue weighted by Gasteiger charge is -2.11. The molecule has 0 fully saturated rings. The number of unbranched alkanes of at least 4 members (excludes halogenated alkanes) is 2. The zero-order valence-electron chi connectivity index (χ0n) is 11.1. The quantitative estimate of drug-likeness (QED) is 0.551. The number of halogens is 2. The van der Waals surface area contributed by atoms with Crippen molar-refractivity contribution in [3.63, 3.8) is 0 Å². The summed E-state index contributed by atoms with van der Waals surface area (Å²) in [5.41, 5.74) is 0.120. The second-order valence-corrected chi connectivity index (χ2v) is 4.98. The van der Waals surface area contributed by atoms with Gasteiger partial charge in [-0.05, 0) is 25.0 Å². The van der Waals surface area contributed by atoms with Gasteiger partial charge >= 0.3 is 12.0 Å². The number of amides is 2. The predicted molar refractivity (Wildman–Crippen MR) is 83.1 cm³/mol. The lowest BCUT2D eigenvalue weighted by molar-refractivity contribution is 0.0697. The molecule has 1 rings (SSSR count). The summed E-state index contributed by atoms with van der Waals surface area (Å²) in [6.07, 6.45) is 7.37. The van der Waals surface area contributed by atoms with Gasteiger partial charge in [-0.1, -0.05) is 23.2 Å². The highest BCUT2D eigenvalue weighted by molar-refractivity contribution is 6.40. The highest BCUT2D eigenvalue weighted by Crippen LogP contribution is 2.31. The molecule has 0 atom stereocenters. The molecule has 7 heteroatoms. The van der Waals surface area contributed by atoms with Crippen LogP contribution in [-0.2, 0) is 0 Å². The fraction of sp³-hybridized carbons (Fsp3) is 0.286. The molecule has 1 aromatic rings. The maximum Gasteiger partial charge on any atom is 0.335 e. The Labute approximate surface area is 132 Å². The first-order valence-corrected chi connectivity index (χ1v) is 6.92. The van der Waals surface area contributed by atoms with Crippen molar-refractivity contribution in [3.8, 4) is 12.3 Å². The van der Waals surface area contributed by atoms with Crippen LogP contribution in [0.1, 0.15) is 29.6 Å². The van der Waals surface area contributed by atoms with Crippen molar-refractivity contribution in [1.82, 2.24) is 5.32 Å². The van der Waals surface area contributed by atoms with Crippen molar-refractivity contribution in [1.29, 1.82) is 0 Å². The molecule has 112 valence electrons. The van der Waals surface area contributed by atoms with Gasteiger partial charge in [0.1, 0.15) is 0 Å². The van der Waals surface area contributed by atoms with Gasteiger partial charge in [0.25, 0.3) is 0 Å². The molecule has 0 bridgehead atoms. The van der Waals surface area contributed by atoms with Gasteiger partial charge < -0.3 is 15.7 Å². The van der Waals surface area contributed by atoms with Gasteiger partial charge in [-0.25, -0.2) is 9.59 Å². The van der Waals surface area contributed by atoms with Crippen LogP contribution in [0.15, 0.2) is 12.1 Å². The number of nitrogens with one attached hydrogen (secondary N) is 2. The molecule has 0 unspecified atom stereocenters. The lowest BCUT2D eigenvalue weighted by Crippen LogP contribution is -2.29. The van der Waals surface area contributed by atoms with Gasteiger partial charge in [-0.3, -0.25) is 0 Å². The molecule has 0 saturated heterocycles. The number of carbonyl (C=O) groups is 2. The molecule has 0 aliphatic carbocycles. The van der Waals surface area contributed by atoms with E-state index in [1.165, 1.54) is 12.1 Å². The third-order valence-corrected chi connectivity index (χ3v) is 3.16. The number of hydrogen-bond acceptors (Lipinski definition) is 2. The SMILES string of the molecule is C#CCCCCNC(=O)Nc1c(Cl)cc(C(=O)O)cc1Cl. The van der Waals surface area contributed by atoms with E-state index >= 15 is 0 Å². The molecule has 0 aliphatic rings. The molecule has 1 aromatic carbocycles. The Morgan fingerprint density at radius 3 is 2.38 bits per heavy atom. The van der Waals surface area contributed by atoms with Crippen LogP contribution < -0.4 is 10.6 Å². The Balaban J connectivity index is 2.60. The zero-order chi connectivity index (χ0) is 15.8. The molecule has 21 heavy (non-hydrogen) atoms. The van der Waals surface area contributed by atoms with E-state index < -0.39 is 12.0 Å². The van der Waals surface area contributed by atoms with Crippen LogP contribution in [0.3, 0.4) is 0 Å². The number of benzene rings is 1. The van der Waals surface area contributed by atoms with Crippen molar-refractivity contribution in [3.05, 3.63) is 27.7 Å². The van der Waals surface area contributed by atoms with Crippen molar-refractivity contribution < 1.29 is 14.7 Å². The minimum absolute atomic E-state index is 0.0507. The fourth-order valence-electron chi connectivity index (χ4n) is 1.53. The number of carboxylic acids is 1. The fourth-order valence-corrected chi connectivity index (χ4v) is 2.11. The van der Waals surface area contributed by atoms with Gasteiger partial charge in [-0.15, -0.1) is 12.3 Å². The van der Waals surface area contributed by atoms with E-state index in [-0.39, 0.29) is 21.3 Å². The zero-order valence-corrected chi connectivity index (χ0v) is 12.6. The summed E-state index contributed by atoms with van der Waals surface area (Å²) in [6, 6.07) is 1.97. The molecular formula is C14H14Cl2N2O3. The first kappa shape index (κ1) is 17.2. The topological polar surface area (TPSA) is 78.4 Å². The molecule has 2 amide bonds. The molecule has 0 heterocycles. The molecule has 3 N–H and O–H groups in total. The first-order chi connectivity index (χ1) is 9.95. The normalized spacial score (nSPS) is 9.76. The number of terminal acetylenes is 1. The van der Waals surface area contributed by atoms with Gasteiger partial charge in [0.15, 0.2) is 0 Å². The Morgan fingerprint density at radius 1 is 1.24 bits per heavy atom. The van der Waals surface area contributed by atoms with Gasteiger partial charge in [0, 0.05) is 13.0 Å². The summed E-state index contributed by atoms with van der Waals surface area (Å²) in [4.78, 5) is 22.5. The molecule has 0 saturated carbocycles. The van der Waals surface area contributed by atoms with Crippen LogP contribution in [0.4, 0.5) is 10.5 Å². The second-order valence-electron chi connectivity index (χ2n) is 4.16. The van der Waals surface area contributed by atoms with Gasteiger partial charge in [-0.2, -0.15) is 0 Å². The van der Waals surface area contributed by atoms with Crippen LogP contribution >= 0.6 is 23.2 Å². The summed E-state index contributed by atoms with van der Waals surface area (Å²) in [5, 5.41) is 14.1. The monoisotopic (exact) mass is 328 g/mol. The highest BCUT2D eigenvalue weighted by Gasteiger charge is 2.14. The summed E-state index contributed by atoms with van der Waals surface area (Å²) in [7, 11) is 0. The first-order valence-electron chi connectivity index (χ1n) is 6.16. The number of hydrogen-bond donors (Lipinski definition) is 3. The molecule has 0 aromatic heterocycles. The number of carboxylic acid groups (broad SMARTS) is 1. The summed E-state index contributed by atoms with van der Waals surface area (Å²) < 4.78 is 0. The third kappa shape index (κ3) is 5.54. The van der Waals surface area contributed by atoms with E-state index in [0.717, 1.165) is 12.8 Å². The molecular weight excluding hydrogens is 315 g/mol. The molecule has 5 nitrogen and oxygen atoms in total. The maximum atomic E-state index is 11.7.